The average molecular weight is 547 g/mol. The maximum atomic E-state index is 13.1. The van der Waals surface area contributed by atoms with Crippen LogP contribution in [0.3, 0.4) is 0 Å². The largest absolute Gasteiger partial charge is 0.444 e. The van der Waals surface area contributed by atoms with Gasteiger partial charge in [0, 0.05) is 36.7 Å². The number of ether oxygens (including phenoxy) is 2. The van der Waals surface area contributed by atoms with E-state index in [1.165, 1.54) is 28.2 Å². The third-order valence-corrected chi connectivity index (χ3v) is 7.87. The molecule has 204 valence electrons. The number of carbonyl (C=O) groups is 2. The standard InChI is InChI=1S/C24H38N2O8S2/c1-17-9-11-18(12-10-17)36(30,31)32-14-13-26(22(28)34-24(5,6)7)19-15-25(16-20(19)35(8)29)21(27)33-23(2,3)4/h9-12,19-20H,13-16H2,1-8H3/t19-,20-,35?/m0/s1. The summed E-state index contributed by atoms with van der Waals surface area (Å²) in [4.78, 5) is 28.5. The highest BCUT2D eigenvalue weighted by atomic mass is 32.2. The molecule has 36 heavy (non-hydrogen) atoms. The van der Waals surface area contributed by atoms with Crippen molar-refractivity contribution in [2.75, 3.05) is 32.5 Å². The molecule has 0 radical (unpaired) electrons. The van der Waals surface area contributed by atoms with Crippen molar-refractivity contribution in [2.24, 2.45) is 0 Å². The molecule has 12 heteroatoms. The lowest BCUT2D eigenvalue weighted by Gasteiger charge is -2.33. The highest BCUT2D eigenvalue weighted by Gasteiger charge is 2.44. The van der Waals surface area contributed by atoms with Gasteiger partial charge in [-0.15, -0.1) is 0 Å². The minimum Gasteiger partial charge on any atom is -0.444 e. The average Bonchev–Trinajstić information content (AvgIpc) is 3.14. The van der Waals surface area contributed by atoms with E-state index in [-0.39, 0.29) is 31.1 Å². The van der Waals surface area contributed by atoms with Crippen LogP contribution in [0, 0.1) is 6.92 Å². The van der Waals surface area contributed by atoms with Crippen LogP contribution in [0.25, 0.3) is 0 Å². The van der Waals surface area contributed by atoms with Crippen LogP contribution in [0.4, 0.5) is 9.59 Å². The number of benzene rings is 1. The molecule has 0 spiro atoms. The zero-order valence-corrected chi connectivity index (χ0v) is 23.9. The molecule has 1 aromatic carbocycles. The molecule has 0 saturated carbocycles. The van der Waals surface area contributed by atoms with Crippen LogP contribution < -0.4 is 0 Å². The Hall–Kier alpha value is -2.18. The maximum Gasteiger partial charge on any atom is 0.410 e. The second-order valence-electron chi connectivity index (χ2n) is 10.8. The lowest BCUT2D eigenvalue weighted by atomic mass is 10.2. The third kappa shape index (κ3) is 8.74. The zero-order chi connectivity index (χ0) is 27.5. The lowest BCUT2D eigenvalue weighted by molar-refractivity contribution is 0.0111. The summed E-state index contributed by atoms with van der Waals surface area (Å²) in [5.74, 6) is 0. The first-order chi connectivity index (χ1) is 16.4. The van der Waals surface area contributed by atoms with Gasteiger partial charge in [0.15, 0.2) is 0 Å². The van der Waals surface area contributed by atoms with E-state index >= 15 is 0 Å². The van der Waals surface area contributed by atoms with Crippen LogP contribution >= 0.6 is 0 Å². The van der Waals surface area contributed by atoms with Gasteiger partial charge in [-0.05, 0) is 60.6 Å². The monoisotopic (exact) mass is 546 g/mol. The van der Waals surface area contributed by atoms with Gasteiger partial charge in [0.2, 0.25) is 0 Å². The molecular formula is C24H38N2O8S2. The van der Waals surface area contributed by atoms with Gasteiger partial charge in [-0.1, -0.05) is 17.7 Å². The Balaban J connectivity index is 2.25. The van der Waals surface area contributed by atoms with Crippen molar-refractivity contribution < 1.29 is 35.9 Å². The van der Waals surface area contributed by atoms with E-state index in [4.69, 9.17) is 13.7 Å². The van der Waals surface area contributed by atoms with Gasteiger partial charge in [0.1, 0.15) is 11.2 Å². The van der Waals surface area contributed by atoms with E-state index in [1.54, 1.807) is 53.7 Å². The van der Waals surface area contributed by atoms with Crippen molar-refractivity contribution in [2.45, 2.75) is 75.9 Å². The third-order valence-electron chi connectivity index (χ3n) is 5.22. The summed E-state index contributed by atoms with van der Waals surface area (Å²) in [7, 11) is -5.46. The number of aryl methyl sites for hydroxylation is 1. The molecule has 1 aliphatic rings. The first kappa shape index (κ1) is 30.0. The molecule has 1 aliphatic heterocycles. The first-order valence-corrected chi connectivity index (χ1v) is 14.7. The van der Waals surface area contributed by atoms with Crippen LogP contribution in [0.1, 0.15) is 47.1 Å². The van der Waals surface area contributed by atoms with Gasteiger partial charge in [-0.2, -0.15) is 8.42 Å². The van der Waals surface area contributed by atoms with Crippen molar-refractivity contribution in [3.63, 3.8) is 0 Å². The number of hydrogen-bond acceptors (Lipinski definition) is 8. The summed E-state index contributed by atoms with van der Waals surface area (Å²) in [6.45, 7) is 11.9. The number of likely N-dealkylation sites (tertiary alicyclic amines) is 1. The topological polar surface area (TPSA) is 120 Å². The number of rotatable bonds is 7. The van der Waals surface area contributed by atoms with Gasteiger partial charge in [-0.3, -0.25) is 13.3 Å². The fraction of sp³-hybridized carbons (Fsp3) is 0.667. The molecule has 1 fully saturated rings. The van der Waals surface area contributed by atoms with E-state index in [0.29, 0.717) is 0 Å². The Morgan fingerprint density at radius 3 is 2.08 bits per heavy atom. The molecule has 2 amide bonds. The highest BCUT2D eigenvalue weighted by molar-refractivity contribution is 7.86. The molecule has 3 atom stereocenters. The van der Waals surface area contributed by atoms with Gasteiger partial charge in [-0.25, -0.2) is 9.59 Å². The van der Waals surface area contributed by atoms with Crippen molar-refractivity contribution in [1.82, 2.24) is 9.80 Å². The van der Waals surface area contributed by atoms with E-state index in [2.05, 4.69) is 0 Å². The minimum absolute atomic E-state index is 0.00132. The number of hydrogen-bond donors (Lipinski definition) is 0. The fourth-order valence-electron chi connectivity index (χ4n) is 3.59. The van der Waals surface area contributed by atoms with Gasteiger partial charge in [0.05, 0.1) is 22.8 Å². The van der Waals surface area contributed by atoms with E-state index < -0.39 is 55.6 Å². The van der Waals surface area contributed by atoms with Crippen molar-refractivity contribution in [1.29, 1.82) is 0 Å². The minimum atomic E-state index is -4.05. The second-order valence-corrected chi connectivity index (χ2v) is 14.0. The van der Waals surface area contributed by atoms with E-state index in [0.717, 1.165) is 5.56 Å². The predicted octanol–water partition coefficient (Wildman–Crippen LogP) is 3.30. The molecule has 1 heterocycles. The Labute approximate surface area is 216 Å². The van der Waals surface area contributed by atoms with E-state index in [9.17, 15) is 22.2 Å². The molecule has 0 aromatic heterocycles. The Bertz CT molecular complexity index is 1060. The molecule has 0 N–H and O–H groups in total. The van der Waals surface area contributed by atoms with Gasteiger partial charge < -0.3 is 14.4 Å². The SMILES string of the molecule is Cc1ccc(S(=O)(=O)OCCN(C(=O)OC(C)(C)C)[C@H]2CN(C(=O)OC(C)(C)C)C[C@@H]2S(C)=O)cc1. The van der Waals surface area contributed by atoms with Crippen LogP contribution in [0.5, 0.6) is 0 Å². The van der Waals surface area contributed by atoms with Crippen LogP contribution in [0.2, 0.25) is 0 Å². The van der Waals surface area contributed by atoms with Crippen LogP contribution in [0.15, 0.2) is 29.2 Å². The molecule has 0 bridgehead atoms. The number of nitrogens with zero attached hydrogens (tertiary/aromatic N) is 2. The van der Waals surface area contributed by atoms with Crippen molar-refractivity contribution in [3.8, 4) is 0 Å². The van der Waals surface area contributed by atoms with Crippen LogP contribution in [-0.4, -0.2) is 89.6 Å². The second kappa shape index (κ2) is 11.5. The molecule has 2 rings (SSSR count). The lowest BCUT2D eigenvalue weighted by Crippen LogP contribution is -2.51. The summed E-state index contributed by atoms with van der Waals surface area (Å²) >= 11 is 0. The quantitative estimate of drug-likeness (QED) is 0.478. The highest BCUT2D eigenvalue weighted by Crippen LogP contribution is 2.25. The van der Waals surface area contributed by atoms with Gasteiger partial charge in [0.25, 0.3) is 10.1 Å². The Morgan fingerprint density at radius 1 is 1.03 bits per heavy atom. The van der Waals surface area contributed by atoms with Gasteiger partial charge >= 0.3 is 12.2 Å². The maximum absolute atomic E-state index is 13.1. The summed E-state index contributed by atoms with van der Waals surface area (Å²) in [6, 6.07) is 5.52. The summed E-state index contributed by atoms with van der Waals surface area (Å²) in [6.07, 6.45) is 0.204. The Kier molecular flexibility index (Phi) is 9.58. The van der Waals surface area contributed by atoms with Crippen molar-refractivity contribution >= 4 is 33.1 Å². The molecule has 1 aromatic rings. The summed E-state index contributed by atoms with van der Waals surface area (Å²) in [5, 5.41) is -0.584. The normalized spacial score (nSPS) is 19.6. The predicted molar refractivity (Wildman–Crippen MR) is 137 cm³/mol. The summed E-state index contributed by atoms with van der Waals surface area (Å²) < 4.78 is 54.0. The van der Waals surface area contributed by atoms with Crippen molar-refractivity contribution in [3.05, 3.63) is 29.8 Å². The molecule has 1 unspecified atom stereocenters. The van der Waals surface area contributed by atoms with Crippen LogP contribution in [-0.2, 0) is 34.6 Å². The first-order valence-electron chi connectivity index (χ1n) is 11.7. The Morgan fingerprint density at radius 2 is 1.58 bits per heavy atom. The molecule has 0 aliphatic carbocycles. The number of carbonyl (C=O) groups excluding carboxylic acids is 2. The smallest absolute Gasteiger partial charge is 0.410 e. The molecule has 10 nitrogen and oxygen atoms in total. The van der Waals surface area contributed by atoms with E-state index in [1.807, 2.05) is 6.92 Å². The molecular weight excluding hydrogens is 508 g/mol. The molecule has 1 saturated heterocycles. The number of amides is 2. The fourth-order valence-corrected chi connectivity index (χ4v) is 5.55. The zero-order valence-electron chi connectivity index (χ0n) is 22.3. The summed E-state index contributed by atoms with van der Waals surface area (Å²) in [5.41, 5.74) is -0.646.